The summed E-state index contributed by atoms with van der Waals surface area (Å²) in [5.74, 6) is 1.59. The number of nitrogens with zero attached hydrogens (tertiary/aromatic N) is 4. The first-order chi connectivity index (χ1) is 27.5. The zero-order valence-electron chi connectivity index (χ0n) is 32.9. The number of alkyl carbamates (subject to hydrolysis) is 1. The molecule has 5 N–H and O–H groups in total. The fourth-order valence-electron chi connectivity index (χ4n) is 8.27. The number of H-pyrrole nitrogens is 2. The minimum atomic E-state index is -1.21. The van der Waals surface area contributed by atoms with Crippen molar-refractivity contribution in [3.05, 3.63) is 84.7 Å². The average molecular weight is 775 g/mol. The van der Waals surface area contributed by atoms with Crippen molar-refractivity contribution in [3.63, 3.8) is 0 Å². The smallest absolute Gasteiger partial charge is 0.407 e. The third-order valence-corrected chi connectivity index (χ3v) is 11.3. The molecule has 0 radical (unpaired) electrons. The van der Waals surface area contributed by atoms with E-state index in [2.05, 4.69) is 100 Å². The van der Waals surface area contributed by atoms with E-state index in [1.807, 2.05) is 18.0 Å². The van der Waals surface area contributed by atoms with Gasteiger partial charge in [0.05, 0.1) is 43.0 Å². The molecule has 4 amide bonds. The third-order valence-electron chi connectivity index (χ3n) is 11.3. The number of rotatable bonds is 11. The van der Waals surface area contributed by atoms with Gasteiger partial charge >= 0.3 is 12.2 Å². The van der Waals surface area contributed by atoms with Crippen molar-refractivity contribution in [3.8, 4) is 33.6 Å². The van der Waals surface area contributed by atoms with Crippen molar-refractivity contribution >= 4 is 34.8 Å². The van der Waals surface area contributed by atoms with Crippen LogP contribution in [0.25, 0.3) is 44.4 Å². The molecule has 2 aliphatic rings. The van der Waals surface area contributed by atoms with Gasteiger partial charge in [0.2, 0.25) is 11.8 Å². The molecule has 2 aliphatic heterocycles. The highest BCUT2D eigenvalue weighted by molar-refractivity contribution is 5.91. The molecule has 4 heterocycles. The third kappa shape index (κ3) is 8.21. The summed E-state index contributed by atoms with van der Waals surface area (Å²) in [6, 6.07) is 19.0. The van der Waals surface area contributed by atoms with Crippen molar-refractivity contribution in [2.45, 2.75) is 77.5 Å². The lowest BCUT2D eigenvalue weighted by molar-refractivity contribution is -0.135. The zero-order valence-corrected chi connectivity index (χ0v) is 32.9. The summed E-state index contributed by atoms with van der Waals surface area (Å²) in [6.45, 7) is 8.99. The van der Waals surface area contributed by atoms with Gasteiger partial charge in [-0.15, -0.1) is 0 Å². The minimum absolute atomic E-state index is 0.142. The van der Waals surface area contributed by atoms with Crippen LogP contribution < -0.4 is 10.6 Å². The van der Waals surface area contributed by atoms with E-state index in [-0.39, 0.29) is 35.7 Å². The number of benzene rings is 3. The van der Waals surface area contributed by atoms with Gasteiger partial charge < -0.3 is 40.2 Å². The van der Waals surface area contributed by atoms with E-state index >= 15 is 0 Å². The second-order valence-electron chi connectivity index (χ2n) is 15.4. The number of nitrogens with one attached hydrogen (secondary N) is 4. The van der Waals surface area contributed by atoms with Crippen molar-refractivity contribution < 1.29 is 29.0 Å². The minimum Gasteiger partial charge on any atom is -0.465 e. The molecule has 2 aromatic heterocycles. The number of carboxylic acid groups (broad SMARTS) is 1. The van der Waals surface area contributed by atoms with Crippen LogP contribution in [0.2, 0.25) is 0 Å². The average Bonchev–Trinajstić information content (AvgIpc) is 4.05. The number of amides is 4. The predicted octanol–water partition coefficient (Wildman–Crippen LogP) is 7.29. The molecule has 5 aromatic rings. The highest BCUT2D eigenvalue weighted by Gasteiger charge is 2.40. The highest BCUT2D eigenvalue weighted by Crippen LogP contribution is 2.38. The molecule has 6 atom stereocenters. The maximum Gasteiger partial charge on any atom is 0.407 e. The normalized spacial score (nSPS) is 20.4. The van der Waals surface area contributed by atoms with Crippen LogP contribution in [0.1, 0.15) is 77.1 Å². The molecular formula is C43H50N8O6. The maximum atomic E-state index is 13.5. The number of hydrogen-bond acceptors (Lipinski definition) is 7. The predicted molar refractivity (Wildman–Crippen MR) is 216 cm³/mol. The van der Waals surface area contributed by atoms with Crippen molar-refractivity contribution in [2.24, 2.45) is 11.8 Å². The van der Waals surface area contributed by atoms with E-state index in [0.29, 0.717) is 31.8 Å². The number of methoxy groups -OCH3 is 1. The molecule has 0 bridgehead atoms. The molecule has 0 spiro atoms. The Hall–Kier alpha value is -6.18. The monoisotopic (exact) mass is 774 g/mol. The molecule has 3 unspecified atom stereocenters. The number of ether oxygens (including phenoxy) is 1. The summed E-state index contributed by atoms with van der Waals surface area (Å²) < 4.78 is 4.73. The Balaban J connectivity index is 1.04. The molecule has 2 saturated heterocycles. The van der Waals surface area contributed by atoms with E-state index in [0.717, 1.165) is 63.1 Å². The topological polar surface area (TPSA) is 186 Å². The largest absolute Gasteiger partial charge is 0.465 e. The highest BCUT2D eigenvalue weighted by atomic mass is 16.5. The molecule has 298 valence electrons. The van der Waals surface area contributed by atoms with Crippen LogP contribution in [0.4, 0.5) is 9.59 Å². The van der Waals surface area contributed by atoms with Crippen molar-refractivity contribution in [2.75, 3.05) is 20.2 Å². The van der Waals surface area contributed by atoms with Gasteiger partial charge in [0.25, 0.3) is 0 Å². The van der Waals surface area contributed by atoms with Crippen LogP contribution in [0.3, 0.4) is 0 Å². The molecule has 14 heteroatoms. The first-order valence-corrected chi connectivity index (χ1v) is 19.7. The summed E-state index contributed by atoms with van der Waals surface area (Å²) >= 11 is 0. The molecule has 2 fully saturated rings. The van der Waals surface area contributed by atoms with Gasteiger partial charge in [-0.25, -0.2) is 19.6 Å². The number of imidazole rings is 2. The van der Waals surface area contributed by atoms with Crippen LogP contribution >= 0.6 is 0 Å². The molecule has 0 saturated carbocycles. The van der Waals surface area contributed by atoms with E-state index in [1.54, 1.807) is 18.0 Å². The Kier molecular flexibility index (Phi) is 11.3. The number of likely N-dealkylation sites (tertiary alicyclic amines) is 2. The van der Waals surface area contributed by atoms with Gasteiger partial charge in [0, 0.05) is 18.7 Å². The molecule has 7 rings (SSSR count). The Morgan fingerprint density at radius 1 is 0.719 bits per heavy atom. The lowest BCUT2D eigenvalue weighted by atomic mass is 9.98. The van der Waals surface area contributed by atoms with E-state index in [9.17, 15) is 24.3 Å². The quantitative estimate of drug-likeness (QED) is 0.0926. The molecule has 0 aliphatic carbocycles. The van der Waals surface area contributed by atoms with E-state index in [4.69, 9.17) is 9.72 Å². The fourth-order valence-corrected chi connectivity index (χ4v) is 8.27. The van der Waals surface area contributed by atoms with Crippen LogP contribution in [-0.4, -0.2) is 91.1 Å². The van der Waals surface area contributed by atoms with Gasteiger partial charge in [0.15, 0.2) is 0 Å². The van der Waals surface area contributed by atoms with Crippen LogP contribution in [0.15, 0.2) is 73.1 Å². The summed E-state index contributed by atoms with van der Waals surface area (Å²) in [7, 11) is 1.29. The van der Waals surface area contributed by atoms with Gasteiger partial charge in [0.1, 0.15) is 23.7 Å². The Labute approximate surface area is 331 Å². The van der Waals surface area contributed by atoms with Gasteiger partial charge in [-0.05, 0) is 77.1 Å². The van der Waals surface area contributed by atoms with Crippen LogP contribution in [-0.2, 0) is 14.3 Å². The van der Waals surface area contributed by atoms with E-state index < -0.39 is 24.3 Å². The van der Waals surface area contributed by atoms with Gasteiger partial charge in [-0.3, -0.25) is 9.59 Å². The standard InChI is InChI=1S/C43H50N8O6/c1-6-32(48-42(54)55)40(52)50-22-24(3)16-36(50)38-44-20-34(46-38)27-10-8-26(9-11-27)28-12-13-30-19-31(15-14-29(30)18-28)35-21-45-39(47-35)37-17-25(4)23-51(37)41(53)33(7-2)49-43(56)57-5/h8-15,18-21,24-25,32-33,36-37,48H,6-7,16-17,22-23H2,1-5H3,(H,44,46)(H,45,47)(H,49,56)(H,54,55)/t24-,25?,32-,33?,36-,37?/m0/s1. The second-order valence-corrected chi connectivity index (χ2v) is 15.4. The number of aromatic amines is 2. The SMILES string of the molecule is CCC(NC(=O)OC)C(=O)N1CC(C)CC1c1ncc(-c2ccc3cc(-c4ccc(-c5cnc([C@@H]6C[C@H](C)CN6C(=O)[C@H](CC)NC(=O)O)[nH]5)cc4)ccc3c2)[nH]1. The number of aromatic nitrogens is 4. The number of carbonyl (C=O) groups excluding carboxylic acids is 3. The molecule has 3 aromatic carbocycles. The Bertz CT molecular complexity index is 2270. The summed E-state index contributed by atoms with van der Waals surface area (Å²) in [4.78, 5) is 69.9. The lowest BCUT2D eigenvalue weighted by Crippen LogP contribution is -2.48. The van der Waals surface area contributed by atoms with Crippen molar-refractivity contribution in [1.29, 1.82) is 0 Å². The van der Waals surface area contributed by atoms with Gasteiger partial charge in [-0.1, -0.05) is 76.2 Å². The number of hydrogen-bond donors (Lipinski definition) is 5. The Morgan fingerprint density at radius 2 is 1.18 bits per heavy atom. The first kappa shape index (κ1) is 39.1. The molecule has 57 heavy (non-hydrogen) atoms. The second kappa shape index (κ2) is 16.5. The molecule has 14 nitrogen and oxygen atoms in total. The van der Waals surface area contributed by atoms with Crippen LogP contribution in [0.5, 0.6) is 0 Å². The first-order valence-electron chi connectivity index (χ1n) is 19.7. The van der Waals surface area contributed by atoms with E-state index in [1.165, 1.54) is 7.11 Å². The van der Waals surface area contributed by atoms with Crippen molar-refractivity contribution in [1.82, 2.24) is 40.4 Å². The lowest BCUT2D eigenvalue weighted by Gasteiger charge is -2.27. The summed E-state index contributed by atoms with van der Waals surface area (Å²) in [5, 5.41) is 16.4. The fraction of sp³-hybridized carbons (Fsp3) is 0.395. The number of fused-ring (bicyclic) bond motifs is 1. The number of carbonyl (C=O) groups is 4. The van der Waals surface area contributed by atoms with Crippen LogP contribution in [0, 0.1) is 11.8 Å². The summed E-state index contributed by atoms with van der Waals surface area (Å²) in [6.07, 6.45) is 4.10. The summed E-state index contributed by atoms with van der Waals surface area (Å²) in [5.41, 5.74) is 5.81. The maximum absolute atomic E-state index is 13.5. The molecular weight excluding hydrogens is 725 g/mol. The Morgan fingerprint density at radius 3 is 1.68 bits per heavy atom. The van der Waals surface area contributed by atoms with Gasteiger partial charge in [-0.2, -0.15) is 0 Å². The zero-order chi connectivity index (χ0) is 40.4.